The summed E-state index contributed by atoms with van der Waals surface area (Å²) in [6.07, 6.45) is 0.910. The summed E-state index contributed by atoms with van der Waals surface area (Å²) in [5.41, 5.74) is 8.64. The van der Waals surface area contributed by atoms with Crippen molar-refractivity contribution in [2.24, 2.45) is 5.73 Å². The number of anilines is 1. The van der Waals surface area contributed by atoms with Crippen LogP contribution >= 0.6 is 0 Å². The molecule has 0 radical (unpaired) electrons. The number of nitrogens with zero attached hydrogens (tertiary/aromatic N) is 1. The van der Waals surface area contributed by atoms with E-state index in [2.05, 4.69) is 5.32 Å². The van der Waals surface area contributed by atoms with Crippen LogP contribution in [-0.4, -0.2) is 37.5 Å². The molecule has 1 aromatic carbocycles. The van der Waals surface area contributed by atoms with Crippen LogP contribution in [0.5, 0.6) is 0 Å². The van der Waals surface area contributed by atoms with Gasteiger partial charge in [-0.25, -0.2) is 0 Å². The number of carbonyl (C=O) groups excluding carboxylic acids is 1. The van der Waals surface area contributed by atoms with E-state index in [1.807, 2.05) is 44.0 Å². The molecule has 0 aliphatic carbocycles. The number of carbonyl (C=O) groups is 1. The van der Waals surface area contributed by atoms with Gasteiger partial charge in [-0.15, -0.1) is 0 Å². The second-order valence-electron chi connectivity index (χ2n) is 4.68. The highest BCUT2D eigenvalue weighted by molar-refractivity contribution is 5.93. The van der Waals surface area contributed by atoms with E-state index in [4.69, 9.17) is 5.73 Å². The fourth-order valence-electron chi connectivity index (χ4n) is 1.76. The van der Waals surface area contributed by atoms with E-state index in [1.54, 1.807) is 0 Å². The zero-order chi connectivity index (χ0) is 13.5. The average Bonchev–Trinajstić information content (AvgIpc) is 2.32. The number of rotatable bonds is 6. The molecule has 0 atom stereocenters. The molecule has 1 rings (SSSR count). The van der Waals surface area contributed by atoms with E-state index in [1.165, 1.54) is 5.56 Å². The average molecular weight is 249 g/mol. The van der Waals surface area contributed by atoms with E-state index in [0.717, 1.165) is 24.2 Å². The zero-order valence-corrected chi connectivity index (χ0v) is 11.5. The molecule has 0 unspecified atom stereocenters. The van der Waals surface area contributed by atoms with Crippen molar-refractivity contribution in [1.82, 2.24) is 4.90 Å². The van der Waals surface area contributed by atoms with Gasteiger partial charge in [0, 0.05) is 5.69 Å². The van der Waals surface area contributed by atoms with Gasteiger partial charge in [0.2, 0.25) is 5.91 Å². The van der Waals surface area contributed by atoms with Gasteiger partial charge in [0.05, 0.1) is 6.54 Å². The molecule has 1 aromatic rings. The number of nitrogens with one attached hydrogen (secondary N) is 1. The Morgan fingerprint density at radius 2 is 2.11 bits per heavy atom. The van der Waals surface area contributed by atoms with Crippen molar-refractivity contribution < 1.29 is 4.79 Å². The van der Waals surface area contributed by atoms with Crippen molar-refractivity contribution in [2.45, 2.75) is 20.3 Å². The molecule has 4 nitrogen and oxygen atoms in total. The fourth-order valence-corrected chi connectivity index (χ4v) is 1.76. The topological polar surface area (TPSA) is 58.4 Å². The summed E-state index contributed by atoms with van der Waals surface area (Å²) in [5, 5.41) is 2.95. The fraction of sp³-hybridized carbons (Fsp3) is 0.500. The number of hydrogen-bond acceptors (Lipinski definition) is 3. The molecule has 0 aliphatic heterocycles. The zero-order valence-electron chi connectivity index (χ0n) is 11.5. The van der Waals surface area contributed by atoms with E-state index >= 15 is 0 Å². The molecule has 18 heavy (non-hydrogen) atoms. The van der Waals surface area contributed by atoms with Gasteiger partial charge in [-0.3, -0.25) is 9.69 Å². The minimum atomic E-state index is 0.0169. The molecule has 0 bridgehead atoms. The highest BCUT2D eigenvalue weighted by atomic mass is 16.2. The number of likely N-dealkylation sites (N-methyl/N-ethyl adjacent to an activating group) is 1. The quantitative estimate of drug-likeness (QED) is 0.803. The Hall–Kier alpha value is -1.39. The normalized spacial score (nSPS) is 10.7. The summed E-state index contributed by atoms with van der Waals surface area (Å²) in [6.45, 7) is 5.95. The lowest BCUT2D eigenvalue weighted by Crippen LogP contribution is -2.31. The summed E-state index contributed by atoms with van der Waals surface area (Å²) < 4.78 is 0. The summed E-state index contributed by atoms with van der Waals surface area (Å²) in [5.74, 6) is 0.0169. The van der Waals surface area contributed by atoms with Crippen molar-refractivity contribution in [3.8, 4) is 0 Å². The summed E-state index contributed by atoms with van der Waals surface area (Å²) in [6, 6.07) is 5.93. The number of nitrogens with two attached hydrogens (primary N) is 1. The third-order valence-corrected chi connectivity index (χ3v) is 3.04. The molecule has 1 amide bonds. The maximum Gasteiger partial charge on any atom is 0.238 e. The number of benzene rings is 1. The first-order chi connectivity index (χ1) is 8.54. The van der Waals surface area contributed by atoms with E-state index in [9.17, 15) is 4.79 Å². The summed E-state index contributed by atoms with van der Waals surface area (Å²) >= 11 is 0. The minimum absolute atomic E-state index is 0.0169. The van der Waals surface area contributed by atoms with Crippen molar-refractivity contribution in [1.29, 1.82) is 0 Å². The maximum absolute atomic E-state index is 11.9. The molecule has 0 spiro atoms. The van der Waals surface area contributed by atoms with Crippen LogP contribution in [0.2, 0.25) is 0 Å². The van der Waals surface area contributed by atoms with Gasteiger partial charge in [0.25, 0.3) is 0 Å². The molecule has 0 fully saturated rings. The molecule has 0 heterocycles. The monoisotopic (exact) mass is 249 g/mol. The van der Waals surface area contributed by atoms with E-state index in [0.29, 0.717) is 13.1 Å². The second-order valence-corrected chi connectivity index (χ2v) is 4.68. The summed E-state index contributed by atoms with van der Waals surface area (Å²) in [4.78, 5) is 13.8. The first-order valence-corrected chi connectivity index (χ1v) is 6.29. The smallest absolute Gasteiger partial charge is 0.238 e. The van der Waals surface area contributed by atoms with Gasteiger partial charge >= 0.3 is 0 Å². The SMILES string of the molecule is Cc1cccc(NC(=O)CN(C)CCCN)c1C. The van der Waals surface area contributed by atoms with Crippen molar-refractivity contribution in [3.05, 3.63) is 29.3 Å². The Morgan fingerprint density at radius 1 is 1.39 bits per heavy atom. The Morgan fingerprint density at radius 3 is 2.78 bits per heavy atom. The van der Waals surface area contributed by atoms with Gasteiger partial charge in [-0.1, -0.05) is 12.1 Å². The lowest BCUT2D eigenvalue weighted by atomic mass is 10.1. The first-order valence-electron chi connectivity index (χ1n) is 6.29. The standard InChI is InChI=1S/C14H23N3O/c1-11-6-4-7-13(12(11)2)16-14(18)10-17(3)9-5-8-15/h4,6-7H,5,8-10,15H2,1-3H3,(H,16,18). The lowest BCUT2D eigenvalue weighted by molar-refractivity contribution is -0.117. The maximum atomic E-state index is 11.9. The third kappa shape index (κ3) is 4.47. The number of amides is 1. The van der Waals surface area contributed by atoms with Crippen molar-refractivity contribution >= 4 is 11.6 Å². The van der Waals surface area contributed by atoms with Crippen LogP contribution in [0, 0.1) is 13.8 Å². The van der Waals surface area contributed by atoms with Crippen LogP contribution in [0.1, 0.15) is 17.5 Å². The van der Waals surface area contributed by atoms with E-state index < -0.39 is 0 Å². The summed E-state index contributed by atoms with van der Waals surface area (Å²) in [7, 11) is 1.93. The molecule has 100 valence electrons. The number of hydrogen-bond donors (Lipinski definition) is 2. The van der Waals surface area contributed by atoms with Crippen LogP contribution in [0.25, 0.3) is 0 Å². The van der Waals surface area contributed by atoms with Crippen LogP contribution < -0.4 is 11.1 Å². The van der Waals surface area contributed by atoms with Crippen LogP contribution in [0.3, 0.4) is 0 Å². The van der Waals surface area contributed by atoms with Crippen molar-refractivity contribution in [3.63, 3.8) is 0 Å². The van der Waals surface area contributed by atoms with E-state index in [-0.39, 0.29) is 5.91 Å². The Bertz CT molecular complexity index is 404. The van der Waals surface area contributed by atoms with Gasteiger partial charge in [0.1, 0.15) is 0 Å². The molecule has 0 aromatic heterocycles. The molecule has 3 N–H and O–H groups in total. The van der Waals surface area contributed by atoms with Gasteiger partial charge in [-0.05, 0) is 57.6 Å². The Kier molecular flexibility index (Phi) is 5.82. The lowest BCUT2D eigenvalue weighted by Gasteiger charge is -2.16. The molecule has 0 saturated heterocycles. The molecular weight excluding hydrogens is 226 g/mol. The molecule has 0 aliphatic rings. The first kappa shape index (κ1) is 14.7. The predicted octanol–water partition coefficient (Wildman–Crippen LogP) is 1.52. The van der Waals surface area contributed by atoms with Gasteiger partial charge in [-0.2, -0.15) is 0 Å². The second kappa shape index (κ2) is 7.13. The Labute approximate surface area is 109 Å². The Balaban J connectivity index is 2.52. The molecule has 0 saturated carbocycles. The highest BCUT2D eigenvalue weighted by Crippen LogP contribution is 2.17. The van der Waals surface area contributed by atoms with Crippen molar-refractivity contribution in [2.75, 3.05) is 32.0 Å². The predicted molar refractivity (Wildman–Crippen MR) is 75.7 cm³/mol. The molecular formula is C14H23N3O. The van der Waals surface area contributed by atoms with Crippen LogP contribution in [-0.2, 0) is 4.79 Å². The molecule has 4 heteroatoms. The van der Waals surface area contributed by atoms with Crippen LogP contribution in [0.4, 0.5) is 5.69 Å². The van der Waals surface area contributed by atoms with Gasteiger partial charge in [0.15, 0.2) is 0 Å². The minimum Gasteiger partial charge on any atom is -0.330 e. The largest absolute Gasteiger partial charge is 0.330 e. The third-order valence-electron chi connectivity index (χ3n) is 3.04. The number of aryl methyl sites for hydroxylation is 1. The van der Waals surface area contributed by atoms with Gasteiger partial charge < -0.3 is 11.1 Å². The highest BCUT2D eigenvalue weighted by Gasteiger charge is 2.08. The van der Waals surface area contributed by atoms with Crippen LogP contribution in [0.15, 0.2) is 18.2 Å².